The van der Waals surface area contributed by atoms with Crippen molar-refractivity contribution in [2.24, 2.45) is 0 Å². The molecular weight excluding hydrogens is 248 g/mol. The molecule has 0 saturated carbocycles. The summed E-state index contributed by atoms with van der Waals surface area (Å²) >= 11 is 0. The highest BCUT2D eigenvalue weighted by Crippen LogP contribution is 2.22. The Morgan fingerprint density at radius 1 is 0.900 bits per heavy atom. The normalized spacial score (nSPS) is 12.2. The van der Waals surface area contributed by atoms with Gasteiger partial charge in [0.15, 0.2) is 0 Å². The topological polar surface area (TPSA) is 38.9 Å². The van der Waals surface area contributed by atoms with Gasteiger partial charge in [-0.2, -0.15) is 0 Å². The van der Waals surface area contributed by atoms with Crippen LogP contribution in [0.15, 0.2) is 65.1 Å². The minimum Gasteiger partial charge on any atom is -0.421 e. The van der Waals surface area contributed by atoms with Crippen LogP contribution in [-0.4, -0.2) is 10.2 Å². The molecule has 0 saturated heterocycles. The van der Waals surface area contributed by atoms with Crippen LogP contribution >= 0.6 is 0 Å². The molecular formula is C17H16N2O. The number of nitrogens with zero attached hydrogens (tertiary/aromatic N) is 2. The summed E-state index contributed by atoms with van der Waals surface area (Å²) < 4.78 is 5.74. The molecule has 1 atom stereocenters. The standard InChI is InChI=1S/C17H16N2O/c1-13(14-8-4-2-5-9-14)12-16-18-19-17(20-16)15-10-6-3-7-11-15/h2-11,13H,12H2,1H3/t13-/m0/s1. The lowest BCUT2D eigenvalue weighted by atomic mass is 9.98. The number of rotatable bonds is 4. The van der Waals surface area contributed by atoms with Crippen molar-refractivity contribution in [3.8, 4) is 11.5 Å². The smallest absolute Gasteiger partial charge is 0.247 e. The molecule has 0 bridgehead atoms. The van der Waals surface area contributed by atoms with Crippen LogP contribution in [0.5, 0.6) is 0 Å². The van der Waals surface area contributed by atoms with Crippen LogP contribution in [0.2, 0.25) is 0 Å². The fourth-order valence-electron chi connectivity index (χ4n) is 2.19. The quantitative estimate of drug-likeness (QED) is 0.712. The van der Waals surface area contributed by atoms with Gasteiger partial charge in [0.2, 0.25) is 11.8 Å². The van der Waals surface area contributed by atoms with Crippen molar-refractivity contribution < 1.29 is 4.42 Å². The number of hydrogen-bond acceptors (Lipinski definition) is 3. The third-order valence-corrected chi connectivity index (χ3v) is 3.34. The van der Waals surface area contributed by atoms with Crippen LogP contribution in [-0.2, 0) is 6.42 Å². The van der Waals surface area contributed by atoms with Crippen LogP contribution < -0.4 is 0 Å². The van der Waals surface area contributed by atoms with Gasteiger partial charge in [-0.1, -0.05) is 55.5 Å². The first-order valence-corrected chi connectivity index (χ1v) is 6.75. The summed E-state index contributed by atoms with van der Waals surface area (Å²) in [6, 6.07) is 20.2. The molecule has 3 aromatic rings. The minimum absolute atomic E-state index is 0.361. The van der Waals surface area contributed by atoms with Crippen LogP contribution in [0, 0.1) is 0 Å². The maximum Gasteiger partial charge on any atom is 0.247 e. The molecule has 0 radical (unpaired) electrons. The van der Waals surface area contributed by atoms with Gasteiger partial charge in [0.25, 0.3) is 0 Å². The summed E-state index contributed by atoms with van der Waals surface area (Å²) in [6.45, 7) is 2.17. The van der Waals surface area contributed by atoms with E-state index in [1.165, 1.54) is 5.56 Å². The molecule has 3 rings (SSSR count). The molecule has 0 aliphatic rings. The zero-order valence-corrected chi connectivity index (χ0v) is 11.4. The van der Waals surface area contributed by atoms with Crippen molar-refractivity contribution in [3.63, 3.8) is 0 Å². The van der Waals surface area contributed by atoms with Gasteiger partial charge in [0.1, 0.15) is 0 Å². The lowest BCUT2D eigenvalue weighted by Gasteiger charge is -2.08. The highest BCUT2D eigenvalue weighted by atomic mass is 16.4. The summed E-state index contributed by atoms with van der Waals surface area (Å²) in [7, 11) is 0. The fourth-order valence-corrected chi connectivity index (χ4v) is 2.19. The molecule has 0 amide bonds. The van der Waals surface area contributed by atoms with E-state index in [1.54, 1.807) is 0 Å². The number of benzene rings is 2. The third-order valence-electron chi connectivity index (χ3n) is 3.34. The second-order valence-electron chi connectivity index (χ2n) is 4.88. The average Bonchev–Trinajstić information content (AvgIpc) is 2.97. The molecule has 1 heterocycles. The van der Waals surface area contributed by atoms with E-state index in [1.807, 2.05) is 36.4 Å². The summed E-state index contributed by atoms with van der Waals surface area (Å²) in [5.41, 5.74) is 2.24. The van der Waals surface area contributed by atoms with Crippen LogP contribution in [0.25, 0.3) is 11.5 Å². The monoisotopic (exact) mass is 264 g/mol. The molecule has 3 heteroatoms. The zero-order chi connectivity index (χ0) is 13.8. The highest BCUT2D eigenvalue weighted by molar-refractivity contribution is 5.51. The molecule has 0 aliphatic carbocycles. The second-order valence-corrected chi connectivity index (χ2v) is 4.88. The Labute approximate surface area is 118 Å². The van der Waals surface area contributed by atoms with E-state index in [0.29, 0.717) is 17.7 Å². The van der Waals surface area contributed by atoms with Crippen molar-refractivity contribution in [1.82, 2.24) is 10.2 Å². The maximum atomic E-state index is 5.74. The van der Waals surface area contributed by atoms with Gasteiger partial charge in [-0.25, -0.2) is 0 Å². The molecule has 0 aliphatic heterocycles. The van der Waals surface area contributed by atoms with E-state index >= 15 is 0 Å². The van der Waals surface area contributed by atoms with Gasteiger partial charge in [-0.15, -0.1) is 10.2 Å². The average molecular weight is 264 g/mol. The van der Waals surface area contributed by atoms with E-state index in [2.05, 4.69) is 41.4 Å². The molecule has 0 N–H and O–H groups in total. The lowest BCUT2D eigenvalue weighted by molar-refractivity contribution is 0.488. The Morgan fingerprint density at radius 2 is 1.55 bits per heavy atom. The second kappa shape index (κ2) is 5.70. The van der Waals surface area contributed by atoms with Gasteiger partial charge < -0.3 is 4.42 Å². The van der Waals surface area contributed by atoms with E-state index in [0.717, 1.165) is 12.0 Å². The Balaban J connectivity index is 1.75. The summed E-state index contributed by atoms with van der Waals surface area (Å²) in [4.78, 5) is 0. The summed E-state index contributed by atoms with van der Waals surface area (Å²) in [6.07, 6.45) is 0.754. The van der Waals surface area contributed by atoms with E-state index in [-0.39, 0.29) is 0 Å². The molecule has 100 valence electrons. The first-order valence-electron chi connectivity index (χ1n) is 6.75. The van der Waals surface area contributed by atoms with Crippen LogP contribution in [0.1, 0.15) is 24.3 Å². The number of hydrogen-bond donors (Lipinski definition) is 0. The Hall–Kier alpha value is -2.42. The molecule has 0 fully saturated rings. The van der Waals surface area contributed by atoms with Crippen molar-refractivity contribution in [1.29, 1.82) is 0 Å². The highest BCUT2D eigenvalue weighted by Gasteiger charge is 2.12. The Kier molecular flexibility index (Phi) is 3.59. The van der Waals surface area contributed by atoms with E-state index < -0.39 is 0 Å². The maximum absolute atomic E-state index is 5.74. The fraction of sp³-hybridized carbons (Fsp3) is 0.176. The van der Waals surface area contributed by atoms with Crippen molar-refractivity contribution in [3.05, 3.63) is 72.1 Å². The Morgan fingerprint density at radius 3 is 2.25 bits per heavy atom. The van der Waals surface area contributed by atoms with Gasteiger partial charge in [0.05, 0.1) is 0 Å². The van der Waals surface area contributed by atoms with Gasteiger partial charge in [-0.05, 0) is 23.6 Å². The first kappa shape index (κ1) is 12.6. The zero-order valence-electron chi connectivity index (χ0n) is 11.4. The minimum atomic E-state index is 0.361. The molecule has 1 aromatic heterocycles. The predicted molar refractivity (Wildman–Crippen MR) is 78.3 cm³/mol. The van der Waals surface area contributed by atoms with Gasteiger partial charge >= 0.3 is 0 Å². The van der Waals surface area contributed by atoms with Crippen molar-refractivity contribution in [2.45, 2.75) is 19.3 Å². The van der Waals surface area contributed by atoms with E-state index in [4.69, 9.17) is 4.42 Å². The number of aromatic nitrogens is 2. The summed E-state index contributed by atoms with van der Waals surface area (Å²) in [5, 5.41) is 8.26. The van der Waals surface area contributed by atoms with E-state index in [9.17, 15) is 0 Å². The van der Waals surface area contributed by atoms with Crippen molar-refractivity contribution >= 4 is 0 Å². The van der Waals surface area contributed by atoms with Crippen LogP contribution in [0.3, 0.4) is 0 Å². The third kappa shape index (κ3) is 2.77. The van der Waals surface area contributed by atoms with Crippen LogP contribution in [0.4, 0.5) is 0 Å². The molecule has 3 nitrogen and oxygen atoms in total. The molecule has 0 unspecified atom stereocenters. The largest absolute Gasteiger partial charge is 0.421 e. The molecule has 2 aromatic carbocycles. The first-order chi connectivity index (χ1) is 9.83. The predicted octanol–water partition coefficient (Wildman–Crippen LogP) is 4.08. The van der Waals surface area contributed by atoms with Gasteiger partial charge in [0, 0.05) is 12.0 Å². The molecule has 0 spiro atoms. The summed E-state index contributed by atoms with van der Waals surface area (Å²) in [5.74, 6) is 1.63. The molecule has 20 heavy (non-hydrogen) atoms. The van der Waals surface area contributed by atoms with Gasteiger partial charge in [-0.3, -0.25) is 0 Å². The lowest BCUT2D eigenvalue weighted by Crippen LogP contribution is -1.98. The van der Waals surface area contributed by atoms with Crippen molar-refractivity contribution in [2.75, 3.05) is 0 Å². The Bertz CT molecular complexity index is 662. The SMILES string of the molecule is C[C@@H](Cc1nnc(-c2ccccc2)o1)c1ccccc1.